The Bertz CT molecular complexity index is 298. The molecule has 1 saturated carbocycles. The minimum absolute atomic E-state index is 0.155. The smallest absolute Gasteiger partial charge is 0.216 e. The molecule has 0 spiro atoms. The maximum atomic E-state index is 10.8. The fraction of sp³-hybridized carbons (Fsp3) is 0.300. The number of carbonyl (C=O) groups is 1. The van der Waals surface area contributed by atoms with E-state index in [2.05, 4.69) is 12.6 Å². The van der Waals surface area contributed by atoms with Gasteiger partial charge in [-0.2, -0.15) is 0 Å². The zero-order valence-corrected chi connectivity index (χ0v) is 7.55. The van der Waals surface area contributed by atoms with Gasteiger partial charge >= 0.3 is 0 Å². The summed E-state index contributed by atoms with van der Waals surface area (Å²) in [5.41, 5.74) is 2.04. The van der Waals surface area contributed by atoms with Crippen molar-refractivity contribution in [1.82, 2.24) is 0 Å². The summed E-state index contributed by atoms with van der Waals surface area (Å²) in [7, 11) is 0. The van der Waals surface area contributed by atoms with Crippen LogP contribution in [0.3, 0.4) is 0 Å². The summed E-state index contributed by atoms with van der Waals surface area (Å²) in [6.07, 6.45) is 2.60. The predicted octanol–water partition coefficient (Wildman–Crippen LogP) is 2.63. The highest BCUT2D eigenvalue weighted by Gasteiger charge is 2.22. The van der Waals surface area contributed by atoms with Gasteiger partial charge in [0.05, 0.1) is 0 Å². The number of benzene rings is 1. The van der Waals surface area contributed by atoms with E-state index in [0.29, 0.717) is 5.56 Å². The molecule has 1 aromatic carbocycles. The summed E-state index contributed by atoms with van der Waals surface area (Å²) in [5, 5.41) is -0.155. The summed E-state index contributed by atoms with van der Waals surface area (Å²) >= 11 is 3.75. The molecule has 2 rings (SSSR count). The van der Waals surface area contributed by atoms with Crippen LogP contribution in [0.15, 0.2) is 24.3 Å². The third kappa shape index (κ3) is 1.53. The Morgan fingerprint density at radius 2 is 1.83 bits per heavy atom. The van der Waals surface area contributed by atoms with Gasteiger partial charge in [-0.3, -0.25) is 4.79 Å². The van der Waals surface area contributed by atoms with Crippen molar-refractivity contribution in [3.8, 4) is 0 Å². The molecule has 0 atom stereocenters. The van der Waals surface area contributed by atoms with Crippen LogP contribution in [0.1, 0.15) is 34.7 Å². The van der Waals surface area contributed by atoms with Gasteiger partial charge in [0.1, 0.15) is 0 Å². The molecular weight excluding hydrogens is 168 g/mol. The molecule has 0 heterocycles. The van der Waals surface area contributed by atoms with Crippen LogP contribution in [0.5, 0.6) is 0 Å². The number of hydrogen-bond acceptors (Lipinski definition) is 1. The van der Waals surface area contributed by atoms with Crippen LogP contribution in [-0.4, -0.2) is 5.12 Å². The Morgan fingerprint density at radius 1 is 1.25 bits per heavy atom. The molecule has 0 unspecified atom stereocenters. The van der Waals surface area contributed by atoms with Gasteiger partial charge in [-0.05, 0) is 24.3 Å². The fourth-order valence-electron chi connectivity index (χ4n) is 1.31. The van der Waals surface area contributed by atoms with Crippen molar-refractivity contribution in [2.75, 3.05) is 0 Å². The van der Waals surface area contributed by atoms with Gasteiger partial charge in [0.25, 0.3) is 0 Å². The molecular formula is C10H10OS. The van der Waals surface area contributed by atoms with Crippen molar-refractivity contribution >= 4 is 17.7 Å². The summed E-state index contributed by atoms with van der Waals surface area (Å²) in [6.45, 7) is 0. The van der Waals surface area contributed by atoms with Crippen LogP contribution in [0, 0.1) is 0 Å². The van der Waals surface area contributed by atoms with E-state index in [0.717, 1.165) is 5.92 Å². The highest BCUT2D eigenvalue weighted by atomic mass is 32.1. The Balaban J connectivity index is 2.24. The van der Waals surface area contributed by atoms with Crippen molar-refractivity contribution in [2.45, 2.75) is 18.8 Å². The van der Waals surface area contributed by atoms with Crippen LogP contribution >= 0.6 is 12.6 Å². The van der Waals surface area contributed by atoms with E-state index in [1.807, 2.05) is 24.3 Å². The molecule has 2 heteroatoms. The lowest BCUT2D eigenvalue weighted by Gasteiger charge is -1.98. The average Bonchev–Trinajstić information content (AvgIpc) is 2.87. The standard InChI is InChI=1S/C10H10OS/c11-10(12)9-5-3-8(4-6-9)7-1-2-7/h3-7H,1-2H2,(H,11,12). The Kier molecular flexibility index (Phi) is 1.93. The molecule has 0 amide bonds. The summed E-state index contributed by atoms with van der Waals surface area (Å²) in [5.74, 6) is 0.758. The first-order valence-corrected chi connectivity index (χ1v) is 4.55. The van der Waals surface area contributed by atoms with Gasteiger partial charge in [-0.15, -0.1) is 12.6 Å². The lowest BCUT2D eigenvalue weighted by atomic mass is 10.1. The molecule has 0 saturated heterocycles. The largest absolute Gasteiger partial charge is 0.282 e. The fourth-order valence-corrected chi connectivity index (χ4v) is 1.46. The van der Waals surface area contributed by atoms with E-state index >= 15 is 0 Å². The Morgan fingerprint density at radius 3 is 2.25 bits per heavy atom. The maximum absolute atomic E-state index is 10.8. The number of hydrogen-bond donors (Lipinski definition) is 1. The van der Waals surface area contributed by atoms with E-state index < -0.39 is 0 Å². The van der Waals surface area contributed by atoms with Gasteiger partial charge in [-0.25, -0.2) is 0 Å². The predicted molar refractivity (Wildman–Crippen MR) is 51.7 cm³/mol. The summed E-state index contributed by atoms with van der Waals surface area (Å²) in [4.78, 5) is 10.8. The van der Waals surface area contributed by atoms with E-state index in [4.69, 9.17) is 0 Å². The molecule has 1 aliphatic carbocycles. The molecule has 1 aliphatic rings. The van der Waals surface area contributed by atoms with Crippen molar-refractivity contribution in [3.05, 3.63) is 35.4 Å². The molecule has 0 aliphatic heterocycles. The van der Waals surface area contributed by atoms with E-state index in [-0.39, 0.29) is 5.12 Å². The van der Waals surface area contributed by atoms with E-state index in [1.165, 1.54) is 18.4 Å². The lowest BCUT2D eigenvalue weighted by Crippen LogP contribution is -1.88. The third-order valence-electron chi connectivity index (χ3n) is 2.21. The van der Waals surface area contributed by atoms with Crippen molar-refractivity contribution in [3.63, 3.8) is 0 Å². The number of rotatable bonds is 2. The molecule has 0 aromatic heterocycles. The molecule has 0 radical (unpaired) electrons. The van der Waals surface area contributed by atoms with E-state index in [9.17, 15) is 4.79 Å². The molecule has 1 nitrogen and oxygen atoms in total. The van der Waals surface area contributed by atoms with Crippen molar-refractivity contribution in [2.24, 2.45) is 0 Å². The van der Waals surface area contributed by atoms with Crippen LogP contribution in [-0.2, 0) is 0 Å². The molecule has 1 aromatic rings. The normalized spacial score (nSPS) is 16.1. The Labute approximate surface area is 77.2 Å². The quantitative estimate of drug-likeness (QED) is 0.689. The number of carbonyl (C=O) groups excluding carboxylic acids is 1. The highest BCUT2D eigenvalue weighted by molar-refractivity contribution is 7.97. The third-order valence-corrected chi connectivity index (χ3v) is 2.46. The van der Waals surface area contributed by atoms with Gasteiger partial charge in [0.15, 0.2) is 0 Å². The van der Waals surface area contributed by atoms with Crippen molar-refractivity contribution in [1.29, 1.82) is 0 Å². The molecule has 0 N–H and O–H groups in total. The molecule has 1 fully saturated rings. The topological polar surface area (TPSA) is 17.1 Å². The van der Waals surface area contributed by atoms with Crippen LogP contribution in [0.2, 0.25) is 0 Å². The first kappa shape index (κ1) is 7.87. The zero-order chi connectivity index (χ0) is 8.55. The minimum Gasteiger partial charge on any atom is -0.282 e. The highest BCUT2D eigenvalue weighted by Crippen LogP contribution is 2.39. The molecule has 12 heavy (non-hydrogen) atoms. The van der Waals surface area contributed by atoms with Gasteiger partial charge in [0, 0.05) is 5.56 Å². The van der Waals surface area contributed by atoms with E-state index in [1.54, 1.807) is 0 Å². The van der Waals surface area contributed by atoms with Crippen LogP contribution in [0.25, 0.3) is 0 Å². The summed E-state index contributed by atoms with van der Waals surface area (Å²) < 4.78 is 0. The molecule has 0 bridgehead atoms. The first-order valence-electron chi connectivity index (χ1n) is 4.10. The van der Waals surface area contributed by atoms with Crippen LogP contribution in [0.4, 0.5) is 0 Å². The van der Waals surface area contributed by atoms with Gasteiger partial charge < -0.3 is 0 Å². The van der Waals surface area contributed by atoms with Crippen molar-refractivity contribution < 1.29 is 4.79 Å². The lowest BCUT2D eigenvalue weighted by molar-refractivity contribution is 0.109. The SMILES string of the molecule is O=C(S)c1ccc(C2CC2)cc1. The first-order chi connectivity index (χ1) is 5.77. The van der Waals surface area contributed by atoms with Gasteiger partial charge in [-0.1, -0.05) is 24.3 Å². The van der Waals surface area contributed by atoms with Crippen LogP contribution < -0.4 is 0 Å². The molecule has 62 valence electrons. The Hall–Kier alpha value is -0.760. The second-order valence-electron chi connectivity index (χ2n) is 3.20. The number of thiol groups is 1. The average molecular weight is 178 g/mol. The second kappa shape index (κ2) is 2.94. The monoisotopic (exact) mass is 178 g/mol. The second-order valence-corrected chi connectivity index (χ2v) is 3.61. The summed E-state index contributed by atoms with van der Waals surface area (Å²) in [6, 6.07) is 7.76. The maximum Gasteiger partial charge on any atom is 0.216 e. The minimum atomic E-state index is -0.155. The zero-order valence-electron chi connectivity index (χ0n) is 6.66. The van der Waals surface area contributed by atoms with Gasteiger partial charge in [0.2, 0.25) is 5.12 Å².